The van der Waals surface area contributed by atoms with Gasteiger partial charge < -0.3 is 13.3 Å². The Hall–Kier alpha value is -1.23. The summed E-state index contributed by atoms with van der Waals surface area (Å²) in [5.41, 5.74) is 0.823. The number of hydrogen-bond donors (Lipinski definition) is 0. The second-order valence-electron chi connectivity index (χ2n) is 12.9. The fourth-order valence-electron chi connectivity index (χ4n) is 3.86. The molecular weight excluding hydrogens is 477 g/mol. The van der Waals surface area contributed by atoms with Crippen LogP contribution in [0.15, 0.2) is 34.3 Å². The van der Waals surface area contributed by atoms with Gasteiger partial charge in [-0.25, -0.2) is 0 Å². The monoisotopic (exact) mass is 524 g/mol. The second-order valence-corrected chi connectivity index (χ2v) is 26.2. The molecule has 0 fully saturated rings. The predicted molar refractivity (Wildman–Crippen MR) is 149 cm³/mol. The van der Waals surface area contributed by atoms with Crippen LogP contribution in [0.3, 0.4) is 0 Å². The number of carbonyl (C=O) groups excluding carboxylic acids is 2. The Morgan fingerprint density at radius 3 is 1.71 bits per heavy atom. The van der Waals surface area contributed by atoms with Crippen molar-refractivity contribution in [2.24, 2.45) is 5.92 Å². The van der Waals surface area contributed by atoms with Crippen molar-refractivity contribution >= 4 is 36.5 Å². The van der Waals surface area contributed by atoms with Gasteiger partial charge in [0, 0.05) is 12.0 Å². The van der Waals surface area contributed by atoms with E-state index in [0.29, 0.717) is 35.5 Å². The molecule has 0 aliphatic heterocycles. The van der Waals surface area contributed by atoms with Crippen LogP contribution >= 0.6 is 0 Å². The molecular formula is C26H48O5Si3. The maximum Gasteiger partial charge on any atom is 0.242 e. The molecule has 0 heterocycles. The van der Waals surface area contributed by atoms with Gasteiger partial charge in [0.2, 0.25) is 16.6 Å². The zero-order valence-corrected chi connectivity index (χ0v) is 27.1. The zero-order valence-electron chi connectivity index (χ0n) is 24.1. The van der Waals surface area contributed by atoms with Gasteiger partial charge >= 0.3 is 0 Å². The summed E-state index contributed by atoms with van der Waals surface area (Å²) in [6.07, 6.45) is 2.89. The lowest BCUT2D eigenvalue weighted by Crippen LogP contribution is -2.52. The minimum absolute atomic E-state index is 0.0477. The van der Waals surface area contributed by atoms with Crippen molar-refractivity contribution < 1.29 is 22.9 Å². The summed E-state index contributed by atoms with van der Waals surface area (Å²) >= 11 is 0. The largest absolute Gasteiger partial charge is 0.544 e. The summed E-state index contributed by atoms with van der Waals surface area (Å²) in [5.74, 6) is 0.840. The Morgan fingerprint density at radius 2 is 1.35 bits per heavy atom. The minimum atomic E-state index is -2.29. The molecule has 0 aromatic rings. The molecule has 0 bridgehead atoms. The highest BCUT2D eigenvalue weighted by Crippen LogP contribution is 2.50. The third kappa shape index (κ3) is 8.17. The van der Waals surface area contributed by atoms with E-state index in [2.05, 4.69) is 65.0 Å². The van der Waals surface area contributed by atoms with Crippen molar-refractivity contribution in [2.75, 3.05) is 0 Å². The van der Waals surface area contributed by atoms with Gasteiger partial charge in [0.1, 0.15) is 11.5 Å². The van der Waals surface area contributed by atoms with Gasteiger partial charge in [-0.1, -0.05) is 25.5 Å². The van der Waals surface area contributed by atoms with Crippen LogP contribution in [0.25, 0.3) is 0 Å². The highest BCUT2D eigenvalue weighted by Gasteiger charge is 2.57. The fourth-order valence-corrected chi connectivity index (χ4v) is 6.83. The topological polar surface area (TPSA) is 61.8 Å². The SMILES string of the molecule is CC(=O)[C@@]1(O[Si](C)(C)C)C(CC=C(C)C)=C(O[Si](C)(C)C)C(C(=O)CC(C)C)=C1O[Si](C)(C)C. The molecule has 0 saturated heterocycles. The van der Waals surface area contributed by atoms with E-state index in [1.807, 2.05) is 27.7 Å². The van der Waals surface area contributed by atoms with E-state index in [1.165, 1.54) is 0 Å². The Balaban J connectivity index is 4.24. The quantitative estimate of drug-likeness (QED) is 0.197. The summed E-state index contributed by atoms with van der Waals surface area (Å²) in [4.78, 5) is 27.5. The van der Waals surface area contributed by atoms with Crippen LogP contribution in [0.1, 0.15) is 47.5 Å². The number of Topliss-reactive ketones (excluding diaryl/α,β-unsaturated/α-hetero) is 2. The molecule has 1 rings (SSSR count). The van der Waals surface area contributed by atoms with Crippen molar-refractivity contribution in [1.29, 1.82) is 0 Å². The van der Waals surface area contributed by atoms with E-state index in [4.69, 9.17) is 13.3 Å². The molecule has 0 spiro atoms. The Kier molecular flexibility index (Phi) is 9.79. The van der Waals surface area contributed by atoms with Gasteiger partial charge in [-0.2, -0.15) is 0 Å². The first-order valence-corrected chi connectivity index (χ1v) is 22.6. The highest BCUT2D eigenvalue weighted by molar-refractivity contribution is 6.71. The summed E-state index contributed by atoms with van der Waals surface area (Å²) in [7, 11) is -6.68. The number of rotatable bonds is 12. The molecule has 0 unspecified atom stereocenters. The van der Waals surface area contributed by atoms with Crippen LogP contribution in [0.4, 0.5) is 0 Å². The van der Waals surface area contributed by atoms with E-state index in [0.717, 1.165) is 5.57 Å². The van der Waals surface area contributed by atoms with E-state index < -0.39 is 30.6 Å². The first-order valence-electron chi connectivity index (χ1n) is 12.3. The van der Waals surface area contributed by atoms with Crippen LogP contribution < -0.4 is 0 Å². The fraction of sp³-hybridized carbons (Fsp3) is 0.692. The zero-order chi connectivity index (χ0) is 26.9. The molecule has 0 saturated carbocycles. The minimum Gasteiger partial charge on any atom is -0.544 e. The summed E-state index contributed by atoms with van der Waals surface area (Å²) in [6, 6.07) is 0. The standard InChI is InChI=1S/C26H48O5Si3/c1-18(2)15-16-21-24(29-32(6,7)8)23(22(28)17-19(3)4)25(30-33(9,10)11)26(21,20(5)27)31-34(12,13)14/h15,19H,16-17H2,1-14H3/t26-/m1/s1. The number of allylic oxidation sites excluding steroid dienone is 3. The molecule has 1 aliphatic carbocycles. The Labute approximate surface area is 211 Å². The van der Waals surface area contributed by atoms with E-state index in [9.17, 15) is 9.59 Å². The summed E-state index contributed by atoms with van der Waals surface area (Å²) in [6.45, 7) is 28.3. The molecule has 0 aromatic carbocycles. The number of ketones is 2. The molecule has 0 amide bonds. The molecule has 0 N–H and O–H groups in total. The lowest BCUT2D eigenvalue weighted by atomic mass is 9.88. The maximum absolute atomic E-state index is 13.8. The average molecular weight is 525 g/mol. The first-order chi connectivity index (χ1) is 15.1. The molecule has 1 atom stereocenters. The molecule has 5 nitrogen and oxygen atoms in total. The Morgan fingerprint density at radius 1 is 0.853 bits per heavy atom. The normalized spacial score (nSPS) is 19.6. The maximum atomic E-state index is 13.8. The van der Waals surface area contributed by atoms with Gasteiger partial charge in [-0.3, -0.25) is 9.59 Å². The average Bonchev–Trinajstić information content (AvgIpc) is 2.77. The van der Waals surface area contributed by atoms with E-state index in [1.54, 1.807) is 6.92 Å². The Bertz CT molecular complexity index is 889. The lowest BCUT2D eigenvalue weighted by molar-refractivity contribution is -0.129. The van der Waals surface area contributed by atoms with Crippen LogP contribution in [0.5, 0.6) is 0 Å². The molecule has 34 heavy (non-hydrogen) atoms. The van der Waals surface area contributed by atoms with Crippen molar-refractivity contribution in [3.8, 4) is 0 Å². The van der Waals surface area contributed by atoms with E-state index >= 15 is 0 Å². The molecule has 1 aliphatic rings. The van der Waals surface area contributed by atoms with Gasteiger partial charge in [0.25, 0.3) is 0 Å². The van der Waals surface area contributed by atoms with Gasteiger partial charge in [-0.05, 0) is 92.0 Å². The third-order valence-electron chi connectivity index (χ3n) is 4.83. The van der Waals surface area contributed by atoms with Crippen molar-refractivity contribution in [1.82, 2.24) is 0 Å². The first kappa shape index (κ1) is 30.8. The van der Waals surface area contributed by atoms with E-state index in [-0.39, 0.29) is 17.5 Å². The summed E-state index contributed by atoms with van der Waals surface area (Å²) < 4.78 is 20.1. The van der Waals surface area contributed by atoms with Gasteiger partial charge in [-0.15, -0.1) is 0 Å². The number of carbonyl (C=O) groups is 2. The van der Waals surface area contributed by atoms with Crippen LogP contribution in [-0.4, -0.2) is 42.1 Å². The second kappa shape index (κ2) is 10.8. The van der Waals surface area contributed by atoms with Crippen molar-refractivity contribution in [3.63, 3.8) is 0 Å². The molecule has 194 valence electrons. The summed E-state index contributed by atoms with van der Waals surface area (Å²) in [5, 5.41) is 0. The highest BCUT2D eigenvalue weighted by atomic mass is 28.4. The van der Waals surface area contributed by atoms with Crippen molar-refractivity contribution in [2.45, 2.75) is 112 Å². The molecule has 0 radical (unpaired) electrons. The van der Waals surface area contributed by atoms with Gasteiger partial charge in [0.15, 0.2) is 25.5 Å². The van der Waals surface area contributed by atoms with Crippen LogP contribution in [0, 0.1) is 5.92 Å². The number of hydrogen-bond acceptors (Lipinski definition) is 5. The smallest absolute Gasteiger partial charge is 0.242 e. The molecule has 8 heteroatoms. The third-order valence-corrected chi connectivity index (χ3v) is 7.38. The van der Waals surface area contributed by atoms with Gasteiger partial charge in [0.05, 0.1) is 5.57 Å². The lowest BCUT2D eigenvalue weighted by Gasteiger charge is -2.40. The van der Waals surface area contributed by atoms with Crippen molar-refractivity contribution in [3.05, 3.63) is 34.3 Å². The predicted octanol–water partition coefficient (Wildman–Crippen LogP) is 7.36. The molecule has 0 aromatic heterocycles. The van der Waals surface area contributed by atoms with Crippen LogP contribution in [0.2, 0.25) is 58.9 Å². The van der Waals surface area contributed by atoms with Crippen LogP contribution in [-0.2, 0) is 22.9 Å².